The van der Waals surface area contributed by atoms with Gasteiger partial charge < -0.3 is 15.9 Å². The fourth-order valence-corrected chi connectivity index (χ4v) is 0.928. The zero-order valence-electron chi connectivity index (χ0n) is 6.37. The molecular formula is C8H10FNO2. The molecule has 0 bridgehead atoms. The minimum Gasteiger partial charge on any atom is -0.504 e. The van der Waals surface area contributed by atoms with E-state index in [1.807, 2.05) is 0 Å². The third-order valence-corrected chi connectivity index (χ3v) is 1.59. The molecule has 0 heterocycles. The average molecular weight is 171 g/mol. The maximum Gasteiger partial charge on any atom is 0.163 e. The van der Waals surface area contributed by atoms with Crippen LogP contribution < -0.4 is 5.73 Å². The highest BCUT2D eigenvalue weighted by atomic mass is 19.1. The summed E-state index contributed by atoms with van der Waals surface area (Å²) in [5.41, 5.74) is 5.08. The van der Waals surface area contributed by atoms with E-state index < -0.39 is 11.9 Å². The van der Waals surface area contributed by atoms with Crippen LogP contribution in [0, 0.1) is 0 Å². The van der Waals surface area contributed by atoms with Crippen molar-refractivity contribution < 1.29 is 14.6 Å². The number of rotatable bonds is 2. The molecule has 0 amide bonds. The third kappa shape index (κ3) is 1.48. The molecule has 1 aromatic rings. The lowest BCUT2D eigenvalue weighted by Gasteiger charge is -2.08. The monoisotopic (exact) mass is 171 g/mol. The number of aromatic hydroxyl groups is 2. The van der Waals surface area contributed by atoms with Crippen LogP contribution in [-0.4, -0.2) is 16.8 Å². The van der Waals surface area contributed by atoms with Crippen LogP contribution in [0.4, 0.5) is 4.39 Å². The van der Waals surface area contributed by atoms with Crippen LogP contribution in [0.2, 0.25) is 0 Å². The van der Waals surface area contributed by atoms with Gasteiger partial charge in [-0.2, -0.15) is 0 Å². The Labute approximate surface area is 69.3 Å². The smallest absolute Gasteiger partial charge is 0.163 e. The molecule has 66 valence electrons. The van der Waals surface area contributed by atoms with Gasteiger partial charge in [0.1, 0.15) is 6.17 Å². The Morgan fingerprint density at radius 2 is 2.08 bits per heavy atom. The zero-order valence-corrected chi connectivity index (χ0v) is 6.37. The second-order valence-corrected chi connectivity index (χ2v) is 2.42. The van der Waals surface area contributed by atoms with E-state index in [1.165, 1.54) is 18.2 Å². The van der Waals surface area contributed by atoms with Gasteiger partial charge >= 0.3 is 0 Å². The number of phenolic OH excluding ortho intramolecular Hbond substituents is 2. The quantitative estimate of drug-likeness (QED) is 0.583. The molecule has 0 aliphatic rings. The normalized spacial score (nSPS) is 12.8. The van der Waals surface area contributed by atoms with Gasteiger partial charge in [-0.25, -0.2) is 4.39 Å². The molecule has 1 rings (SSSR count). The summed E-state index contributed by atoms with van der Waals surface area (Å²) in [6.07, 6.45) is -1.43. The van der Waals surface area contributed by atoms with Crippen LogP contribution in [0.15, 0.2) is 18.2 Å². The molecule has 4 heteroatoms. The molecule has 0 fully saturated rings. The average Bonchev–Trinajstić information content (AvgIpc) is 2.08. The number of hydrogen-bond donors (Lipinski definition) is 3. The molecule has 0 radical (unpaired) electrons. The Balaban J connectivity index is 3.07. The molecule has 0 saturated carbocycles. The topological polar surface area (TPSA) is 66.5 Å². The molecular weight excluding hydrogens is 161 g/mol. The van der Waals surface area contributed by atoms with Gasteiger partial charge in [0.05, 0.1) is 0 Å². The van der Waals surface area contributed by atoms with Gasteiger partial charge in [-0.1, -0.05) is 12.1 Å². The van der Waals surface area contributed by atoms with Crippen LogP contribution in [0.25, 0.3) is 0 Å². The molecule has 0 aliphatic carbocycles. The summed E-state index contributed by atoms with van der Waals surface area (Å²) in [6.45, 7) is -0.211. The predicted molar refractivity (Wildman–Crippen MR) is 42.7 cm³/mol. The van der Waals surface area contributed by atoms with Crippen LogP contribution in [0.3, 0.4) is 0 Å². The van der Waals surface area contributed by atoms with Gasteiger partial charge in [-0.05, 0) is 6.07 Å². The van der Waals surface area contributed by atoms with E-state index >= 15 is 0 Å². The number of alkyl halides is 1. The Hall–Kier alpha value is -1.29. The summed E-state index contributed by atoms with van der Waals surface area (Å²) < 4.78 is 12.9. The van der Waals surface area contributed by atoms with E-state index in [-0.39, 0.29) is 17.9 Å². The highest BCUT2D eigenvalue weighted by Gasteiger charge is 2.14. The Kier molecular flexibility index (Phi) is 2.50. The van der Waals surface area contributed by atoms with Crippen molar-refractivity contribution >= 4 is 0 Å². The van der Waals surface area contributed by atoms with Gasteiger partial charge in [-0.15, -0.1) is 0 Å². The molecule has 4 N–H and O–H groups in total. The molecule has 0 saturated heterocycles. The summed E-state index contributed by atoms with van der Waals surface area (Å²) in [6, 6.07) is 4.11. The van der Waals surface area contributed by atoms with Gasteiger partial charge in [0, 0.05) is 12.1 Å². The standard InChI is InChI=1S/C8H10FNO2/c9-6(4-10)5-2-1-3-7(11)8(5)12/h1-3,6,11-12H,4,10H2. The lowest BCUT2D eigenvalue weighted by molar-refractivity contribution is 0.329. The van der Waals surface area contributed by atoms with Crippen molar-refractivity contribution in [2.24, 2.45) is 5.73 Å². The van der Waals surface area contributed by atoms with E-state index in [1.54, 1.807) is 0 Å². The second kappa shape index (κ2) is 3.40. The first kappa shape index (κ1) is 8.80. The number of benzene rings is 1. The van der Waals surface area contributed by atoms with E-state index in [0.717, 1.165) is 0 Å². The molecule has 1 atom stereocenters. The van der Waals surface area contributed by atoms with Gasteiger partial charge in [0.2, 0.25) is 0 Å². The van der Waals surface area contributed by atoms with Crippen molar-refractivity contribution in [2.75, 3.05) is 6.54 Å². The summed E-state index contributed by atoms with van der Waals surface area (Å²) in [7, 11) is 0. The Bertz CT molecular complexity index is 278. The number of phenols is 2. The van der Waals surface area contributed by atoms with Gasteiger partial charge in [0.25, 0.3) is 0 Å². The van der Waals surface area contributed by atoms with Crippen molar-refractivity contribution in [3.63, 3.8) is 0 Å². The zero-order chi connectivity index (χ0) is 9.14. The fourth-order valence-electron chi connectivity index (χ4n) is 0.928. The van der Waals surface area contributed by atoms with Crippen molar-refractivity contribution in [3.05, 3.63) is 23.8 Å². The molecule has 0 spiro atoms. The molecule has 0 aromatic heterocycles. The molecule has 3 nitrogen and oxygen atoms in total. The molecule has 12 heavy (non-hydrogen) atoms. The van der Waals surface area contributed by atoms with E-state index in [0.29, 0.717) is 0 Å². The SMILES string of the molecule is NCC(F)c1cccc(O)c1O. The Morgan fingerprint density at radius 1 is 1.42 bits per heavy atom. The second-order valence-electron chi connectivity index (χ2n) is 2.42. The van der Waals surface area contributed by atoms with Crippen molar-refractivity contribution in [1.82, 2.24) is 0 Å². The highest BCUT2D eigenvalue weighted by molar-refractivity contribution is 5.45. The van der Waals surface area contributed by atoms with Gasteiger partial charge in [-0.3, -0.25) is 0 Å². The van der Waals surface area contributed by atoms with E-state index in [2.05, 4.69) is 0 Å². The lowest BCUT2D eigenvalue weighted by Crippen LogP contribution is -2.07. The third-order valence-electron chi connectivity index (χ3n) is 1.59. The number of para-hydroxylation sites is 1. The van der Waals surface area contributed by atoms with Crippen molar-refractivity contribution in [1.29, 1.82) is 0 Å². The minimum atomic E-state index is -1.43. The van der Waals surface area contributed by atoms with Crippen LogP contribution in [0.5, 0.6) is 11.5 Å². The maximum absolute atomic E-state index is 12.9. The van der Waals surface area contributed by atoms with Gasteiger partial charge in [0.15, 0.2) is 11.5 Å². The predicted octanol–water partition coefficient (Wildman–Crippen LogP) is 1.07. The number of halogens is 1. The minimum absolute atomic E-state index is 0.0255. The lowest BCUT2D eigenvalue weighted by atomic mass is 10.1. The summed E-state index contributed by atoms with van der Waals surface area (Å²) in [4.78, 5) is 0. The van der Waals surface area contributed by atoms with Crippen LogP contribution >= 0.6 is 0 Å². The summed E-state index contributed by atoms with van der Waals surface area (Å²) >= 11 is 0. The first-order valence-corrected chi connectivity index (χ1v) is 3.51. The van der Waals surface area contributed by atoms with E-state index in [4.69, 9.17) is 15.9 Å². The first-order chi connectivity index (χ1) is 5.66. The van der Waals surface area contributed by atoms with Crippen LogP contribution in [-0.2, 0) is 0 Å². The molecule has 1 aromatic carbocycles. The highest BCUT2D eigenvalue weighted by Crippen LogP contribution is 2.33. The van der Waals surface area contributed by atoms with E-state index in [9.17, 15) is 4.39 Å². The molecule has 1 unspecified atom stereocenters. The maximum atomic E-state index is 12.9. The summed E-state index contributed by atoms with van der Waals surface area (Å²) in [5.74, 6) is -0.765. The first-order valence-electron chi connectivity index (χ1n) is 3.51. The fraction of sp³-hybridized carbons (Fsp3) is 0.250. The summed E-state index contributed by atoms with van der Waals surface area (Å²) in [5, 5.41) is 18.1. The van der Waals surface area contributed by atoms with Crippen LogP contribution in [0.1, 0.15) is 11.7 Å². The van der Waals surface area contributed by atoms with Crippen molar-refractivity contribution in [3.8, 4) is 11.5 Å². The molecule has 0 aliphatic heterocycles. The number of nitrogens with two attached hydrogens (primary N) is 1. The number of hydrogen-bond acceptors (Lipinski definition) is 3. The van der Waals surface area contributed by atoms with Crippen molar-refractivity contribution in [2.45, 2.75) is 6.17 Å². The largest absolute Gasteiger partial charge is 0.504 e. The Morgan fingerprint density at radius 3 is 2.67 bits per heavy atom.